The third-order valence-corrected chi connectivity index (χ3v) is 5.72. The lowest BCUT2D eigenvalue weighted by Gasteiger charge is -2.36. The first-order valence-electron chi connectivity index (χ1n) is 10.2. The summed E-state index contributed by atoms with van der Waals surface area (Å²) >= 11 is 0. The van der Waals surface area contributed by atoms with Gasteiger partial charge in [-0.3, -0.25) is 9.69 Å². The molecule has 4 rings (SSSR count). The zero-order chi connectivity index (χ0) is 21.4. The van der Waals surface area contributed by atoms with E-state index in [1.54, 1.807) is 11.0 Å². The average molecular weight is 411 g/mol. The van der Waals surface area contributed by atoms with E-state index in [9.17, 15) is 14.0 Å². The van der Waals surface area contributed by atoms with Crippen LogP contribution in [0.4, 0.5) is 20.7 Å². The normalized spacial score (nSPS) is 19.3. The van der Waals surface area contributed by atoms with Gasteiger partial charge in [0, 0.05) is 44.5 Å². The van der Waals surface area contributed by atoms with Crippen LogP contribution in [0.3, 0.4) is 0 Å². The Labute approximate surface area is 175 Å². The SMILES string of the molecule is Cc1cnc(N2CCN(C(=O)c3ccc(N4C(=O)NCC4C)c(F)c3)CC2)c(C)c1. The molecule has 0 bridgehead atoms. The zero-order valence-electron chi connectivity index (χ0n) is 17.5. The molecule has 1 unspecified atom stereocenters. The second-order valence-electron chi connectivity index (χ2n) is 8.00. The quantitative estimate of drug-likeness (QED) is 0.843. The minimum atomic E-state index is -0.567. The molecule has 0 spiro atoms. The highest BCUT2D eigenvalue weighted by atomic mass is 19.1. The summed E-state index contributed by atoms with van der Waals surface area (Å²) in [5.74, 6) is 0.177. The molecule has 3 amide bonds. The van der Waals surface area contributed by atoms with Crippen LogP contribution in [0.1, 0.15) is 28.4 Å². The maximum absolute atomic E-state index is 14.7. The first-order chi connectivity index (χ1) is 14.3. The van der Waals surface area contributed by atoms with Crippen LogP contribution in [0.25, 0.3) is 0 Å². The number of rotatable bonds is 3. The lowest BCUT2D eigenvalue weighted by molar-refractivity contribution is 0.0746. The van der Waals surface area contributed by atoms with Gasteiger partial charge in [-0.05, 0) is 50.1 Å². The van der Waals surface area contributed by atoms with Gasteiger partial charge in [-0.2, -0.15) is 0 Å². The van der Waals surface area contributed by atoms with Crippen molar-refractivity contribution in [2.45, 2.75) is 26.8 Å². The first-order valence-corrected chi connectivity index (χ1v) is 10.2. The molecule has 2 fully saturated rings. The average Bonchev–Trinajstić information content (AvgIpc) is 3.06. The van der Waals surface area contributed by atoms with Crippen molar-refractivity contribution in [3.8, 4) is 0 Å². The number of hydrogen-bond donors (Lipinski definition) is 1. The minimum absolute atomic E-state index is 0.138. The standard InChI is InChI=1S/C22H26FN5O2/c1-14-10-15(2)20(24-12-14)26-6-8-27(9-7-26)21(29)17-4-5-19(18(23)11-17)28-16(3)13-25-22(28)30/h4-5,10-12,16H,6-9,13H2,1-3H3,(H,25,30). The highest BCUT2D eigenvalue weighted by Gasteiger charge is 2.31. The van der Waals surface area contributed by atoms with Crippen molar-refractivity contribution in [3.05, 3.63) is 53.0 Å². The van der Waals surface area contributed by atoms with Gasteiger partial charge in [0.1, 0.15) is 11.6 Å². The zero-order valence-corrected chi connectivity index (χ0v) is 17.5. The molecular weight excluding hydrogens is 385 g/mol. The van der Waals surface area contributed by atoms with Crippen molar-refractivity contribution in [2.24, 2.45) is 0 Å². The van der Waals surface area contributed by atoms with Gasteiger partial charge < -0.3 is 15.1 Å². The lowest BCUT2D eigenvalue weighted by atomic mass is 10.1. The molecule has 0 saturated carbocycles. The predicted octanol–water partition coefficient (Wildman–Crippen LogP) is 2.72. The van der Waals surface area contributed by atoms with Gasteiger partial charge in [0.05, 0.1) is 11.7 Å². The van der Waals surface area contributed by atoms with E-state index in [2.05, 4.69) is 21.3 Å². The predicted molar refractivity (Wildman–Crippen MR) is 114 cm³/mol. The fourth-order valence-corrected chi connectivity index (χ4v) is 4.14. The summed E-state index contributed by atoms with van der Waals surface area (Å²) in [6.45, 7) is 8.81. The van der Waals surface area contributed by atoms with Crippen LogP contribution >= 0.6 is 0 Å². The van der Waals surface area contributed by atoms with Crippen molar-refractivity contribution in [3.63, 3.8) is 0 Å². The van der Waals surface area contributed by atoms with E-state index in [1.165, 1.54) is 17.0 Å². The van der Waals surface area contributed by atoms with E-state index in [0.717, 1.165) is 16.9 Å². The molecule has 1 aromatic heterocycles. The second kappa shape index (κ2) is 7.93. The van der Waals surface area contributed by atoms with Gasteiger partial charge in [-0.1, -0.05) is 6.07 Å². The molecule has 0 radical (unpaired) electrons. The number of amides is 3. The van der Waals surface area contributed by atoms with Crippen molar-refractivity contribution in [1.82, 2.24) is 15.2 Å². The summed E-state index contributed by atoms with van der Waals surface area (Å²) in [5.41, 5.74) is 2.73. The highest BCUT2D eigenvalue weighted by Crippen LogP contribution is 2.26. The summed E-state index contributed by atoms with van der Waals surface area (Å²) in [6.07, 6.45) is 1.85. The van der Waals surface area contributed by atoms with Gasteiger partial charge in [-0.15, -0.1) is 0 Å². The Balaban J connectivity index is 1.44. The number of halogens is 1. The Bertz CT molecular complexity index is 987. The number of piperazine rings is 1. The molecule has 1 N–H and O–H groups in total. The van der Waals surface area contributed by atoms with E-state index in [1.807, 2.05) is 27.0 Å². The molecule has 158 valence electrons. The summed E-state index contributed by atoms with van der Waals surface area (Å²) in [7, 11) is 0. The Morgan fingerprint density at radius 1 is 1.17 bits per heavy atom. The largest absolute Gasteiger partial charge is 0.353 e. The topological polar surface area (TPSA) is 68.8 Å². The number of aromatic nitrogens is 1. The van der Waals surface area contributed by atoms with Crippen molar-refractivity contribution < 1.29 is 14.0 Å². The number of carbonyl (C=O) groups excluding carboxylic acids is 2. The van der Waals surface area contributed by atoms with Gasteiger partial charge in [0.25, 0.3) is 5.91 Å². The van der Waals surface area contributed by atoms with Crippen LogP contribution in [0.15, 0.2) is 30.5 Å². The molecular formula is C22H26FN5O2. The molecule has 7 nitrogen and oxygen atoms in total. The van der Waals surface area contributed by atoms with Gasteiger partial charge in [0.2, 0.25) is 0 Å². The number of nitrogens with one attached hydrogen (secondary N) is 1. The van der Waals surface area contributed by atoms with Crippen LogP contribution in [0, 0.1) is 19.7 Å². The van der Waals surface area contributed by atoms with Crippen molar-refractivity contribution >= 4 is 23.4 Å². The molecule has 2 aliphatic rings. The van der Waals surface area contributed by atoms with E-state index < -0.39 is 5.82 Å². The second-order valence-corrected chi connectivity index (χ2v) is 8.00. The smallest absolute Gasteiger partial charge is 0.322 e. The molecule has 2 aliphatic heterocycles. The molecule has 30 heavy (non-hydrogen) atoms. The number of nitrogens with zero attached hydrogens (tertiary/aromatic N) is 4. The Morgan fingerprint density at radius 3 is 2.50 bits per heavy atom. The van der Waals surface area contributed by atoms with Crippen LogP contribution in [-0.2, 0) is 0 Å². The summed E-state index contributed by atoms with van der Waals surface area (Å²) in [4.78, 5) is 34.7. The molecule has 8 heteroatoms. The number of hydrogen-bond acceptors (Lipinski definition) is 4. The molecule has 1 aromatic carbocycles. The molecule has 0 aliphatic carbocycles. The summed E-state index contributed by atoms with van der Waals surface area (Å²) in [5, 5.41) is 2.69. The third kappa shape index (κ3) is 3.69. The maximum atomic E-state index is 14.7. The first kappa shape index (κ1) is 20.1. The summed E-state index contributed by atoms with van der Waals surface area (Å²) in [6, 6.07) is 5.98. The number of urea groups is 1. The maximum Gasteiger partial charge on any atom is 0.322 e. The van der Waals surface area contributed by atoms with Crippen LogP contribution in [0.2, 0.25) is 0 Å². The monoisotopic (exact) mass is 411 g/mol. The number of benzene rings is 1. The lowest BCUT2D eigenvalue weighted by Crippen LogP contribution is -2.49. The summed E-state index contributed by atoms with van der Waals surface area (Å²) < 4.78 is 14.7. The van der Waals surface area contributed by atoms with E-state index in [4.69, 9.17) is 0 Å². The number of carbonyl (C=O) groups is 2. The van der Waals surface area contributed by atoms with Gasteiger partial charge in [-0.25, -0.2) is 14.2 Å². The van der Waals surface area contributed by atoms with E-state index in [-0.39, 0.29) is 23.7 Å². The van der Waals surface area contributed by atoms with Crippen molar-refractivity contribution in [2.75, 3.05) is 42.5 Å². The van der Waals surface area contributed by atoms with Crippen LogP contribution in [-0.4, -0.2) is 60.6 Å². The Kier molecular flexibility index (Phi) is 5.32. The molecule has 2 aromatic rings. The van der Waals surface area contributed by atoms with Crippen LogP contribution in [0.5, 0.6) is 0 Å². The number of aryl methyl sites for hydroxylation is 2. The number of anilines is 2. The number of pyridine rings is 1. The highest BCUT2D eigenvalue weighted by molar-refractivity contribution is 5.97. The van der Waals surface area contributed by atoms with E-state index in [0.29, 0.717) is 38.3 Å². The van der Waals surface area contributed by atoms with Crippen molar-refractivity contribution in [1.29, 1.82) is 0 Å². The molecule has 1 atom stereocenters. The molecule has 2 saturated heterocycles. The fourth-order valence-electron chi connectivity index (χ4n) is 4.14. The van der Waals surface area contributed by atoms with Gasteiger partial charge >= 0.3 is 6.03 Å². The van der Waals surface area contributed by atoms with Crippen LogP contribution < -0.4 is 15.1 Å². The molecule has 3 heterocycles. The van der Waals surface area contributed by atoms with E-state index >= 15 is 0 Å². The van der Waals surface area contributed by atoms with Gasteiger partial charge in [0.15, 0.2) is 0 Å². The third-order valence-electron chi connectivity index (χ3n) is 5.72. The Hall–Kier alpha value is -3.16. The Morgan fingerprint density at radius 2 is 1.90 bits per heavy atom. The fraction of sp³-hybridized carbons (Fsp3) is 0.409. The minimum Gasteiger partial charge on any atom is -0.353 e.